The van der Waals surface area contributed by atoms with Crippen LogP contribution in [0.3, 0.4) is 0 Å². The number of aliphatic imine (C=N–C) groups is 2. The Bertz CT molecular complexity index is 939. The van der Waals surface area contributed by atoms with Gasteiger partial charge in [-0.15, -0.1) is 0 Å². The summed E-state index contributed by atoms with van der Waals surface area (Å²) in [7, 11) is 0. The molecule has 3 heterocycles. The third-order valence-electron chi connectivity index (χ3n) is 4.92. The Morgan fingerprint density at radius 3 is 3.00 bits per heavy atom. The molecule has 2 N–H and O–H groups in total. The highest BCUT2D eigenvalue weighted by Gasteiger charge is 2.27. The lowest BCUT2D eigenvalue weighted by molar-refractivity contribution is 0.959. The lowest BCUT2D eigenvalue weighted by Crippen LogP contribution is -2.11. The van der Waals surface area contributed by atoms with Gasteiger partial charge in [0.05, 0.1) is 13.1 Å². The second kappa shape index (κ2) is 6.37. The Morgan fingerprint density at radius 2 is 2.08 bits per heavy atom. The van der Waals surface area contributed by atoms with Crippen LogP contribution in [0.25, 0.3) is 0 Å². The van der Waals surface area contributed by atoms with Crippen LogP contribution in [0.15, 0.2) is 52.1 Å². The van der Waals surface area contributed by atoms with Gasteiger partial charge in [0, 0.05) is 19.0 Å². The van der Waals surface area contributed by atoms with Gasteiger partial charge >= 0.3 is 0 Å². The zero-order chi connectivity index (χ0) is 17.3. The van der Waals surface area contributed by atoms with Crippen LogP contribution in [-0.4, -0.2) is 28.6 Å². The summed E-state index contributed by atoms with van der Waals surface area (Å²) < 4.78 is 0. The first kappa shape index (κ1) is 15.3. The number of hydrogen-bond donors (Lipinski definition) is 2. The van der Waals surface area contributed by atoms with E-state index in [2.05, 4.69) is 54.9 Å². The average Bonchev–Trinajstić information content (AvgIpc) is 3.23. The predicted octanol–water partition coefficient (Wildman–Crippen LogP) is 3.18. The molecule has 1 aliphatic carbocycles. The number of rotatable bonds is 5. The van der Waals surface area contributed by atoms with Gasteiger partial charge in [0.1, 0.15) is 11.7 Å². The Morgan fingerprint density at radius 1 is 1.12 bits per heavy atom. The normalized spacial score (nSPS) is 17.7. The summed E-state index contributed by atoms with van der Waals surface area (Å²) in [6.45, 7) is 2.28. The quantitative estimate of drug-likeness (QED) is 0.873. The van der Waals surface area contributed by atoms with E-state index in [0.717, 1.165) is 30.7 Å². The van der Waals surface area contributed by atoms with Gasteiger partial charge in [-0.25, -0.2) is 4.98 Å². The van der Waals surface area contributed by atoms with Crippen molar-refractivity contribution in [2.24, 2.45) is 15.9 Å². The molecule has 5 rings (SSSR count). The zero-order valence-corrected chi connectivity index (χ0v) is 14.4. The van der Waals surface area contributed by atoms with Gasteiger partial charge in [0.25, 0.3) is 0 Å². The van der Waals surface area contributed by atoms with Crippen LogP contribution in [0.5, 0.6) is 0 Å². The lowest BCUT2D eigenvalue weighted by atomic mass is 10.1. The molecule has 2 aliphatic heterocycles. The molecule has 6 nitrogen and oxygen atoms in total. The molecule has 6 heteroatoms. The first-order valence-electron chi connectivity index (χ1n) is 9.04. The van der Waals surface area contributed by atoms with Crippen molar-refractivity contribution in [1.29, 1.82) is 0 Å². The number of nitrogens with one attached hydrogen (secondary N) is 2. The second-order valence-corrected chi connectivity index (χ2v) is 6.94. The molecule has 0 saturated heterocycles. The molecule has 0 amide bonds. The Labute approximate surface area is 152 Å². The number of benzene rings is 1. The summed E-state index contributed by atoms with van der Waals surface area (Å²) in [5.41, 5.74) is 5.14. The highest BCUT2D eigenvalue weighted by Crippen LogP contribution is 2.37. The lowest BCUT2D eigenvalue weighted by Gasteiger charge is -2.08. The molecule has 1 aromatic carbocycles. The Kier molecular flexibility index (Phi) is 3.74. The van der Waals surface area contributed by atoms with E-state index >= 15 is 0 Å². The molecule has 130 valence electrons. The van der Waals surface area contributed by atoms with Crippen LogP contribution in [0.2, 0.25) is 0 Å². The van der Waals surface area contributed by atoms with Crippen LogP contribution >= 0.6 is 0 Å². The van der Waals surface area contributed by atoms with E-state index in [4.69, 9.17) is 0 Å². The standard InChI is InChI=1S/C20H20N6/c1-2-15-10-21-11-16(15)7-13(1)9-24-20-22-6-5-18(26-20)25-19-8-17(12-23-19)14-3-4-14/h1-2,5-8,10,14H,3-4,9,11-12H2,(H2,22,23,24,25,26). The van der Waals surface area contributed by atoms with E-state index in [1.807, 2.05) is 12.3 Å². The van der Waals surface area contributed by atoms with E-state index in [0.29, 0.717) is 12.5 Å². The van der Waals surface area contributed by atoms with Crippen molar-refractivity contribution in [3.63, 3.8) is 0 Å². The number of fused-ring (bicyclic) bond motifs is 1. The Hall–Kier alpha value is -3.02. The van der Waals surface area contributed by atoms with Crippen LogP contribution in [-0.2, 0) is 13.1 Å². The molecule has 26 heavy (non-hydrogen) atoms. The molecule has 3 aliphatic rings. The molecule has 0 spiro atoms. The molecule has 1 fully saturated rings. The fourth-order valence-electron chi connectivity index (χ4n) is 3.32. The number of hydrogen-bond acceptors (Lipinski definition) is 6. The maximum Gasteiger partial charge on any atom is 0.224 e. The minimum Gasteiger partial charge on any atom is -0.350 e. The minimum absolute atomic E-state index is 0.608. The fourth-order valence-corrected chi connectivity index (χ4v) is 3.32. The summed E-state index contributed by atoms with van der Waals surface area (Å²) in [6.07, 6.45) is 8.48. The van der Waals surface area contributed by atoms with Crippen molar-refractivity contribution < 1.29 is 0 Å². The average molecular weight is 344 g/mol. The van der Waals surface area contributed by atoms with Crippen molar-refractivity contribution in [3.8, 4) is 0 Å². The van der Waals surface area contributed by atoms with Gasteiger partial charge < -0.3 is 10.6 Å². The monoisotopic (exact) mass is 344 g/mol. The number of amidine groups is 1. The van der Waals surface area contributed by atoms with Gasteiger partial charge in [-0.3, -0.25) is 9.98 Å². The smallest absolute Gasteiger partial charge is 0.224 e. The zero-order valence-electron chi connectivity index (χ0n) is 14.4. The second-order valence-electron chi connectivity index (χ2n) is 6.94. The van der Waals surface area contributed by atoms with Gasteiger partial charge in [-0.05, 0) is 53.2 Å². The van der Waals surface area contributed by atoms with E-state index in [1.165, 1.54) is 35.1 Å². The maximum atomic E-state index is 4.55. The molecule has 0 bridgehead atoms. The van der Waals surface area contributed by atoms with Crippen LogP contribution in [0, 0.1) is 5.92 Å². The summed E-state index contributed by atoms with van der Waals surface area (Å²) in [5, 5.41) is 6.59. The first-order chi connectivity index (χ1) is 12.8. The van der Waals surface area contributed by atoms with Gasteiger partial charge in [0.2, 0.25) is 5.95 Å². The Balaban J connectivity index is 1.22. The summed E-state index contributed by atoms with van der Waals surface area (Å²) in [4.78, 5) is 17.7. The van der Waals surface area contributed by atoms with Crippen molar-refractivity contribution >= 4 is 23.8 Å². The van der Waals surface area contributed by atoms with Gasteiger partial charge in [0.15, 0.2) is 0 Å². The molecule has 1 saturated carbocycles. The highest BCUT2D eigenvalue weighted by molar-refractivity contribution is 6.05. The molecular formula is C20H20N6. The van der Waals surface area contributed by atoms with Crippen LogP contribution in [0.1, 0.15) is 29.5 Å². The van der Waals surface area contributed by atoms with Gasteiger partial charge in [-0.2, -0.15) is 4.98 Å². The SMILES string of the molecule is C1=NCc2cc(CNc3nccc(NC4=NCC(C5CC5)=C4)n3)ccc21. The van der Waals surface area contributed by atoms with Crippen molar-refractivity contribution in [2.75, 3.05) is 17.2 Å². The third kappa shape index (κ3) is 3.22. The molecule has 2 aromatic rings. The third-order valence-corrected chi connectivity index (χ3v) is 4.92. The summed E-state index contributed by atoms with van der Waals surface area (Å²) >= 11 is 0. The van der Waals surface area contributed by atoms with Crippen molar-refractivity contribution in [3.05, 3.63) is 58.8 Å². The largest absolute Gasteiger partial charge is 0.350 e. The number of nitrogens with zero attached hydrogens (tertiary/aromatic N) is 4. The number of aromatic nitrogens is 2. The molecule has 0 radical (unpaired) electrons. The minimum atomic E-state index is 0.608. The number of anilines is 2. The topological polar surface area (TPSA) is 74.6 Å². The first-order valence-corrected chi connectivity index (χ1v) is 9.04. The van der Waals surface area contributed by atoms with Crippen LogP contribution in [0.4, 0.5) is 11.8 Å². The molecule has 0 atom stereocenters. The molecule has 0 unspecified atom stereocenters. The highest BCUT2D eigenvalue weighted by atomic mass is 15.2. The van der Waals surface area contributed by atoms with E-state index in [1.54, 1.807) is 6.20 Å². The van der Waals surface area contributed by atoms with E-state index < -0.39 is 0 Å². The van der Waals surface area contributed by atoms with E-state index in [9.17, 15) is 0 Å². The predicted molar refractivity (Wildman–Crippen MR) is 104 cm³/mol. The van der Waals surface area contributed by atoms with Gasteiger partial charge in [-0.1, -0.05) is 18.2 Å². The molecule has 1 aromatic heterocycles. The fraction of sp³-hybridized carbons (Fsp3) is 0.300. The molecular weight excluding hydrogens is 324 g/mol. The van der Waals surface area contributed by atoms with E-state index in [-0.39, 0.29) is 0 Å². The van der Waals surface area contributed by atoms with Crippen LogP contribution < -0.4 is 10.6 Å². The summed E-state index contributed by atoms with van der Waals surface area (Å²) in [6, 6.07) is 8.28. The summed E-state index contributed by atoms with van der Waals surface area (Å²) in [5.74, 6) is 3.03. The maximum absolute atomic E-state index is 4.55. The van der Waals surface area contributed by atoms with Crippen molar-refractivity contribution in [2.45, 2.75) is 25.9 Å². The van der Waals surface area contributed by atoms with Crippen molar-refractivity contribution in [1.82, 2.24) is 9.97 Å².